The molecular weight excluding hydrogens is 197 g/mol. The number of nitrogens with one attached hydrogen (secondary N) is 1. The third kappa shape index (κ3) is 1.91. The van der Waals surface area contributed by atoms with Crippen molar-refractivity contribution in [2.45, 2.75) is 13.0 Å². The molecular formula is C10H12FN3O. The number of anilines is 1. The Morgan fingerprint density at radius 1 is 1.60 bits per heavy atom. The number of carbonyl (C=O) groups is 1. The molecule has 2 rings (SSSR count). The third-order valence-corrected chi connectivity index (χ3v) is 2.49. The van der Waals surface area contributed by atoms with Gasteiger partial charge in [0.05, 0.1) is 0 Å². The van der Waals surface area contributed by atoms with Gasteiger partial charge in [0.15, 0.2) is 0 Å². The second-order valence-electron chi connectivity index (χ2n) is 3.48. The van der Waals surface area contributed by atoms with E-state index in [0.29, 0.717) is 18.9 Å². The highest BCUT2D eigenvalue weighted by molar-refractivity contribution is 5.85. The van der Waals surface area contributed by atoms with Gasteiger partial charge in [0.25, 0.3) is 0 Å². The molecule has 0 aromatic carbocycles. The van der Waals surface area contributed by atoms with Crippen molar-refractivity contribution in [1.29, 1.82) is 0 Å². The number of carbonyl (C=O) groups excluding carboxylic acids is 1. The molecule has 0 bridgehead atoms. The number of rotatable bonds is 1. The van der Waals surface area contributed by atoms with Crippen LogP contribution in [0.4, 0.5) is 10.2 Å². The van der Waals surface area contributed by atoms with Crippen LogP contribution in [0, 0.1) is 5.95 Å². The Balaban J connectivity index is 2.26. The van der Waals surface area contributed by atoms with Gasteiger partial charge in [0.2, 0.25) is 11.9 Å². The van der Waals surface area contributed by atoms with Gasteiger partial charge in [-0.1, -0.05) is 6.07 Å². The molecule has 0 spiro atoms. The average Bonchev–Trinajstić information content (AvgIpc) is 2.22. The monoisotopic (exact) mass is 209 g/mol. The van der Waals surface area contributed by atoms with Crippen molar-refractivity contribution in [3.8, 4) is 0 Å². The maximum absolute atomic E-state index is 12.9. The molecule has 1 aliphatic heterocycles. The average molecular weight is 209 g/mol. The number of hydrogen-bond donors (Lipinski definition) is 1. The number of aromatic nitrogens is 1. The van der Waals surface area contributed by atoms with Gasteiger partial charge in [0, 0.05) is 13.1 Å². The van der Waals surface area contributed by atoms with Gasteiger partial charge in [-0.2, -0.15) is 4.39 Å². The molecule has 2 heterocycles. The summed E-state index contributed by atoms with van der Waals surface area (Å²) in [6, 6.07) is 4.29. The van der Waals surface area contributed by atoms with E-state index in [2.05, 4.69) is 10.3 Å². The smallest absolute Gasteiger partial charge is 0.242 e. The van der Waals surface area contributed by atoms with E-state index < -0.39 is 5.95 Å². The standard InChI is InChI=1S/C10H12FN3O/c1-7-10(15)12-5-6-14(7)9-4-2-3-8(11)13-9/h2-4,7H,5-6H2,1H3,(H,12,15). The summed E-state index contributed by atoms with van der Waals surface area (Å²) in [6.45, 7) is 3.01. The Kier molecular flexibility index (Phi) is 2.53. The van der Waals surface area contributed by atoms with Crippen molar-refractivity contribution in [1.82, 2.24) is 10.3 Å². The summed E-state index contributed by atoms with van der Waals surface area (Å²) in [7, 11) is 0. The van der Waals surface area contributed by atoms with Crippen LogP contribution in [0.3, 0.4) is 0 Å². The molecule has 1 unspecified atom stereocenters. The van der Waals surface area contributed by atoms with Crippen molar-refractivity contribution in [2.24, 2.45) is 0 Å². The molecule has 5 heteroatoms. The predicted octanol–water partition coefficient (Wildman–Crippen LogP) is 0.545. The van der Waals surface area contributed by atoms with E-state index in [9.17, 15) is 9.18 Å². The van der Waals surface area contributed by atoms with E-state index >= 15 is 0 Å². The number of nitrogens with zero attached hydrogens (tertiary/aromatic N) is 2. The van der Waals surface area contributed by atoms with Crippen LogP contribution in [-0.2, 0) is 4.79 Å². The van der Waals surface area contributed by atoms with Gasteiger partial charge in [-0.05, 0) is 19.1 Å². The van der Waals surface area contributed by atoms with Crippen LogP contribution in [0.1, 0.15) is 6.92 Å². The number of halogens is 1. The largest absolute Gasteiger partial charge is 0.353 e. The van der Waals surface area contributed by atoms with E-state index in [0.717, 1.165) is 0 Å². The fourth-order valence-electron chi connectivity index (χ4n) is 1.65. The first-order valence-electron chi connectivity index (χ1n) is 4.85. The Bertz CT molecular complexity index is 383. The zero-order valence-corrected chi connectivity index (χ0v) is 8.40. The molecule has 1 aromatic rings. The van der Waals surface area contributed by atoms with Gasteiger partial charge >= 0.3 is 0 Å². The molecule has 1 saturated heterocycles. The van der Waals surface area contributed by atoms with Gasteiger partial charge in [-0.15, -0.1) is 0 Å². The van der Waals surface area contributed by atoms with Crippen molar-refractivity contribution in [2.75, 3.05) is 18.0 Å². The fourth-order valence-corrected chi connectivity index (χ4v) is 1.65. The summed E-state index contributed by atoms with van der Waals surface area (Å²) in [5.74, 6) is -0.0599. The van der Waals surface area contributed by atoms with Gasteiger partial charge in [-0.25, -0.2) is 4.98 Å². The zero-order valence-electron chi connectivity index (χ0n) is 8.40. The maximum atomic E-state index is 12.9. The van der Waals surface area contributed by atoms with Crippen molar-refractivity contribution >= 4 is 11.7 Å². The summed E-state index contributed by atoms with van der Waals surface area (Å²) in [5.41, 5.74) is 0. The van der Waals surface area contributed by atoms with Crippen LogP contribution in [0.15, 0.2) is 18.2 Å². The van der Waals surface area contributed by atoms with E-state index in [4.69, 9.17) is 0 Å². The summed E-state index contributed by atoms with van der Waals surface area (Å²) in [4.78, 5) is 16.9. The molecule has 0 saturated carbocycles. The Morgan fingerprint density at radius 3 is 3.13 bits per heavy atom. The minimum Gasteiger partial charge on any atom is -0.353 e. The Labute approximate surface area is 87.1 Å². The van der Waals surface area contributed by atoms with Gasteiger partial charge < -0.3 is 10.2 Å². The third-order valence-electron chi connectivity index (χ3n) is 2.49. The van der Waals surface area contributed by atoms with E-state index in [-0.39, 0.29) is 11.9 Å². The molecule has 1 aromatic heterocycles. The molecule has 80 valence electrons. The summed E-state index contributed by atoms with van der Waals surface area (Å²) < 4.78 is 12.9. The lowest BCUT2D eigenvalue weighted by Crippen LogP contribution is -2.54. The van der Waals surface area contributed by atoms with E-state index in [1.54, 1.807) is 24.0 Å². The highest BCUT2D eigenvalue weighted by atomic mass is 19.1. The van der Waals surface area contributed by atoms with Gasteiger partial charge in [-0.3, -0.25) is 4.79 Å². The molecule has 1 N–H and O–H groups in total. The maximum Gasteiger partial charge on any atom is 0.242 e. The lowest BCUT2D eigenvalue weighted by atomic mass is 10.2. The number of hydrogen-bond acceptors (Lipinski definition) is 3. The second kappa shape index (κ2) is 3.84. The summed E-state index contributed by atoms with van der Waals surface area (Å²) in [5, 5.41) is 2.74. The quantitative estimate of drug-likeness (QED) is 0.687. The minimum atomic E-state index is -0.523. The molecule has 0 aliphatic carbocycles. The molecule has 1 fully saturated rings. The second-order valence-corrected chi connectivity index (χ2v) is 3.48. The molecule has 4 nitrogen and oxygen atoms in total. The first-order valence-corrected chi connectivity index (χ1v) is 4.85. The molecule has 1 aliphatic rings. The molecule has 15 heavy (non-hydrogen) atoms. The predicted molar refractivity (Wildman–Crippen MR) is 54.0 cm³/mol. The topological polar surface area (TPSA) is 45.2 Å². The normalized spacial score (nSPS) is 21.3. The lowest BCUT2D eigenvalue weighted by Gasteiger charge is -2.33. The van der Waals surface area contributed by atoms with Crippen LogP contribution in [0.5, 0.6) is 0 Å². The first-order chi connectivity index (χ1) is 7.18. The zero-order chi connectivity index (χ0) is 10.8. The number of amides is 1. The van der Waals surface area contributed by atoms with E-state index in [1.807, 2.05) is 0 Å². The summed E-state index contributed by atoms with van der Waals surface area (Å²) >= 11 is 0. The Hall–Kier alpha value is -1.65. The summed E-state index contributed by atoms with van der Waals surface area (Å²) in [6.07, 6.45) is 0. The highest BCUT2D eigenvalue weighted by Crippen LogP contribution is 2.15. The lowest BCUT2D eigenvalue weighted by molar-refractivity contribution is -0.122. The minimum absolute atomic E-state index is 0.0488. The number of pyridine rings is 1. The Morgan fingerprint density at radius 2 is 2.40 bits per heavy atom. The van der Waals surface area contributed by atoms with E-state index in [1.165, 1.54) is 6.07 Å². The highest BCUT2D eigenvalue weighted by Gasteiger charge is 2.26. The van der Waals surface area contributed by atoms with Crippen LogP contribution < -0.4 is 10.2 Å². The van der Waals surface area contributed by atoms with Gasteiger partial charge in [0.1, 0.15) is 11.9 Å². The SMILES string of the molecule is CC1C(=O)NCCN1c1cccc(F)n1. The molecule has 1 amide bonds. The van der Waals surface area contributed by atoms with Crippen molar-refractivity contribution < 1.29 is 9.18 Å². The van der Waals surface area contributed by atoms with Crippen LogP contribution >= 0.6 is 0 Å². The van der Waals surface area contributed by atoms with Crippen LogP contribution in [0.2, 0.25) is 0 Å². The van der Waals surface area contributed by atoms with Crippen LogP contribution in [-0.4, -0.2) is 30.0 Å². The van der Waals surface area contributed by atoms with Crippen molar-refractivity contribution in [3.63, 3.8) is 0 Å². The fraction of sp³-hybridized carbons (Fsp3) is 0.400. The van der Waals surface area contributed by atoms with Crippen LogP contribution in [0.25, 0.3) is 0 Å². The first kappa shape index (κ1) is 9.89. The van der Waals surface area contributed by atoms with Crippen molar-refractivity contribution in [3.05, 3.63) is 24.1 Å². The molecule has 1 atom stereocenters. The molecule has 0 radical (unpaired) electrons. The number of piperazine rings is 1.